The quantitative estimate of drug-likeness (QED) is 0.146. The Hall–Kier alpha value is 0.186. The second-order valence-corrected chi connectivity index (χ2v) is 30.2. The van der Waals surface area contributed by atoms with Crippen LogP contribution in [0.25, 0.3) is 0 Å². The molecule has 0 fully saturated rings. The molecule has 1 aromatic heterocycles. The van der Waals surface area contributed by atoms with Crippen LogP contribution in [-0.4, -0.2) is 42.1 Å². The summed E-state index contributed by atoms with van der Waals surface area (Å²) in [4.78, 5) is 8.21. The average molecular weight is 586 g/mol. The van der Waals surface area contributed by atoms with E-state index in [2.05, 4.69) is 58.4 Å². The van der Waals surface area contributed by atoms with Crippen LogP contribution < -0.4 is 0 Å². The van der Waals surface area contributed by atoms with Gasteiger partial charge < -0.3 is 0 Å². The molecule has 1 N–H and O–H groups in total. The molecule has 0 radical (unpaired) electrons. The first kappa shape index (κ1) is 31.2. The van der Waals surface area contributed by atoms with Gasteiger partial charge in [0.05, 0.1) is 0 Å². The predicted octanol–water partition coefficient (Wildman–Crippen LogP) is 9.53. The van der Waals surface area contributed by atoms with Crippen molar-refractivity contribution < 1.29 is 4.74 Å². The van der Waals surface area contributed by atoms with Gasteiger partial charge in [0, 0.05) is 0 Å². The van der Waals surface area contributed by atoms with Crippen molar-refractivity contribution in [1.29, 1.82) is 0 Å². The normalized spacial score (nSPS) is 13.5. The van der Waals surface area contributed by atoms with Gasteiger partial charge >= 0.3 is 213 Å². The third-order valence-corrected chi connectivity index (χ3v) is 31.2. The predicted molar refractivity (Wildman–Crippen MR) is 153 cm³/mol. The summed E-state index contributed by atoms with van der Waals surface area (Å²) in [6.07, 6.45) is 14.0. The summed E-state index contributed by atoms with van der Waals surface area (Å²) < 4.78 is 13.3. The van der Waals surface area contributed by atoms with Gasteiger partial charge in [0.15, 0.2) is 0 Å². The first-order chi connectivity index (χ1) is 16.0. The van der Waals surface area contributed by atoms with Gasteiger partial charge in [0.1, 0.15) is 0 Å². The van der Waals surface area contributed by atoms with Crippen LogP contribution >= 0.6 is 0 Å². The second-order valence-electron chi connectivity index (χ2n) is 10.7. The van der Waals surface area contributed by atoms with Crippen LogP contribution in [0.5, 0.6) is 0 Å². The Balaban J connectivity index is 3.15. The van der Waals surface area contributed by atoms with Crippen molar-refractivity contribution in [1.82, 2.24) is 9.97 Å². The zero-order valence-electron chi connectivity index (χ0n) is 23.5. The summed E-state index contributed by atoms with van der Waals surface area (Å²) in [5.41, 5.74) is 1.73. The van der Waals surface area contributed by atoms with Crippen molar-refractivity contribution in [2.45, 2.75) is 154 Å². The molecule has 0 saturated heterocycles. The van der Waals surface area contributed by atoms with Crippen molar-refractivity contribution in [3.63, 3.8) is 0 Å². The standard InChI is InChI=1S/C16H31N2OSi.3C4H9.Sn/c1-6-10-11-16-17-12-15(18-16)13-19-14(5)20(7-2,8-3)9-4;3*1-3-4-2;/h12,14H,5-11,13H2,1-4H3,(H,17,18);3*1,3-4H2,2H3;. The van der Waals surface area contributed by atoms with Gasteiger partial charge in [-0.05, 0) is 0 Å². The molecule has 0 amide bonds. The van der Waals surface area contributed by atoms with E-state index in [4.69, 9.17) is 4.74 Å². The van der Waals surface area contributed by atoms with Crippen molar-refractivity contribution >= 4 is 26.5 Å². The van der Waals surface area contributed by atoms with Gasteiger partial charge in [-0.15, -0.1) is 0 Å². The summed E-state index contributed by atoms with van der Waals surface area (Å²) in [6.45, 7) is 17.6. The topological polar surface area (TPSA) is 37.9 Å². The molecule has 1 heterocycles. The molecule has 0 saturated carbocycles. The molecule has 5 heteroatoms. The molecule has 33 heavy (non-hydrogen) atoms. The zero-order chi connectivity index (χ0) is 24.6. The number of aromatic amines is 1. The van der Waals surface area contributed by atoms with E-state index in [1.165, 1.54) is 79.6 Å². The Bertz CT molecular complexity index is 572. The van der Waals surface area contributed by atoms with Crippen LogP contribution in [0.3, 0.4) is 0 Å². The van der Waals surface area contributed by atoms with Crippen LogP contribution in [0.2, 0.25) is 35.9 Å². The fraction of sp³-hybridized carbons (Fsp3) is 0.893. The van der Waals surface area contributed by atoms with E-state index in [0.29, 0.717) is 5.73 Å². The molecule has 0 aliphatic carbocycles. The van der Waals surface area contributed by atoms with Crippen molar-refractivity contribution in [2.75, 3.05) is 0 Å². The fourth-order valence-electron chi connectivity index (χ4n) is 5.76. The summed E-state index contributed by atoms with van der Waals surface area (Å²) in [5.74, 6) is 1.14. The van der Waals surface area contributed by atoms with E-state index in [0.717, 1.165) is 18.9 Å². The first-order valence-electron chi connectivity index (χ1n) is 14.6. The summed E-state index contributed by atoms with van der Waals surface area (Å²) >= 11 is -2.27. The number of hydrogen-bond donors (Lipinski definition) is 1. The van der Waals surface area contributed by atoms with E-state index in [-0.39, 0.29) is 0 Å². The van der Waals surface area contributed by atoms with E-state index in [1.54, 1.807) is 13.3 Å². The summed E-state index contributed by atoms with van der Waals surface area (Å²) in [6, 6.07) is 4.10. The Kier molecular flexibility index (Phi) is 16.6. The van der Waals surface area contributed by atoms with Crippen LogP contribution in [0.4, 0.5) is 0 Å². The van der Waals surface area contributed by atoms with Gasteiger partial charge in [-0.2, -0.15) is 0 Å². The molecule has 194 valence electrons. The molecule has 1 unspecified atom stereocenters. The third-order valence-electron chi connectivity index (χ3n) is 8.48. The van der Waals surface area contributed by atoms with E-state index < -0.39 is 26.5 Å². The van der Waals surface area contributed by atoms with Gasteiger partial charge in [-0.3, -0.25) is 0 Å². The number of nitrogens with zero attached hydrogens (tertiary/aromatic N) is 1. The van der Waals surface area contributed by atoms with Gasteiger partial charge in [-0.1, -0.05) is 0 Å². The molecule has 1 rings (SSSR count). The number of nitrogens with one attached hydrogen (secondary N) is 1. The fourth-order valence-corrected chi connectivity index (χ4v) is 32.0. The minimum atomic E-state index is -2.27. The molecule has 1 atom stereocenters. The monoisotopic (exact) mass is 586 g/mol. The van der Waals surface area contributed by atoms with Crippen molar-refractivity contribution in [3.8, 4) is 0 Å². The molecular formula is C28H58N2OSiSn. The Morgan fingerprint density at radius 2 is 1.33 bits per heavy atom. The Morgan fingerprint density at radius 3 is 1.79 bits per heavy atom. The number of imidazole rings is 1. The molecule has 0 aliphatic rings. The van der Waals surface area contributed by atoms with Gasteiger partial charge in [0.2, 0.25) is 0 Å². The Morgan fingerprint density at radius 1 is 0.818 bits per heavy atom. The molecule has 0 aliphatic heterocycles. The maximum absolute atomic E-state index is 7.02. The maximum atomic E-state index is 7.02. The molecule has 0 aromatic carbocycles. The van der Waals surface area contributed by atoms with Crippen LogP contribution in [0.1, 0.15) is 111 Å². The number of aromatic nitrogens is 2. The van der Waals surface area contributed by atoms with Gasteiger partial charge in [-0.25, -0.2) is 0 Å². The second kappa shape index (κ2) is 17.6. The SMILES string of the molecule is CCCCc1ncc(COC([CH2][Sn]([CH2]CCC)([CH2]CCC)[CH2]CCC)[Si](CC)(CC)CC)[nH]1. The first-order valence-corrected chi connectivity index (χ1v) is 25.4. The minimum absolute atomic E-state index is 0.543. The number of H-pyrrole nitrogens is 1. The third kappa shape index (κ3) is 10.4. The molecule has 0 spiro atoms. The van der Waals surface area contributed by atoms with Crippen LogP contribution in [-0.2, 0) is 17.8 Å². The number of hydrogen-bond acceptors (Lipinski definition) is 2. The van der Waals surface area contributed by atoms with E-state index in [9.17, 15) is 0 Å². The molecule has 0 bridgehead atoms. The van der Waals surface area contributed by atoms with Crippen molar-refractivity contribution in [3.05, 3.63) is 17.7 Å². The number of aryl methyl sites for hydroxylation is 1. The van der Waals surface area contributed by atoms with Gasteiger partial charge in [0.25, 0.3) is 0 Å². The summed E-state index contributed by atoms with van der Waals surface area (Å²) in [7, 11) is -1.45. The number of rotatable bonds is 21. The average Bonchev–Trinajstić information content (AvgIpc) is 3.30. The zero-order valence-corrected chi connectivity index (χ0v) is 27.4. The molecule has 1 aromatic rings. The van der Waals surface area contributed by atoms with Crippen LogP contribution in [0.15, 0.2) is 6.20 Å². The van der Waals surface area contributed by atoms with E-state index >= 15 is 0 Å². The summed E-state index contributed by atoms with van der Waals surface area (Å²) in [5, 5.41) is 0. The Labute approximate surface area is 212 Å². The number of unbranched alkanes of at least 4 members (excludes halogenated alkanes) is 4. The molecule has 3 nitrogen and oxygen atoms in total. The van der Waals surface area contributed by atoms with Crippen LogP contribution in [0, 0.1) is 0 Å². The number of ether oxygens (including phenoxy) is 1. The van der Waals surface area contributed by atoms with E-state index in [1.807, 2.05) is 6.20 Å². The molecular weight excluding hydrogens is 527 g/mol. The van der Waals surface area contributed by atoms with Crippen molar-refractivity contribution in [2.24, 2.45) is 0 Å².